The molecular formula is C74H78N4O. The Hall–Kier alpha value is -7.89. The average molecular weight is 1040 g/mol. The third-order valence-corrected chi connectivity index (χ3v) is 16.0. The van der Waals surface area contributed by atoms with Gasteiger partial charge in [-0.3, -0.25) is 4.57 Å². The molecule has 0 aliphatic carbocycles. The molecule has 3 heterocycles. The lowest BCUT2D eigenvalue weighted by molar-refractivity contribution is 0.483. The van der Waals surface area contributed by atoms with Gasteiger partial charge in [-0.05, 0) is 156 Å². The first kappa shape index (κ1) is 53.1. The third-order valence-electron chi connectivity index (χ3n) is 16.0. The van der Waals surface area contributed by atoms with Gasteiger partial charge in [0.1, 0.15) is 24.0 Å². The first-order chi connectivity index (χ1) is 37.3. The summed E-state index contributed by atoms with van der Waals surface area (Å²) in [6.07, 6.45) is 1.95. The summed E-state index contributed by atoms with van der Waals surface area (Å²) in [5.74, 6) is 2.40. The van der Waals surface area contributed by atoms with Crippen molar-refractivity contribution in [3.05, 3.63) is 216 Å². The van der Waals surface area contributed by atoms with Crippen LogP contribution in [0, 0.1) is 0 Å². The van der Waals surface area contributed by atoms with Crippen LogP contribution in [0.1, 0.15) is 132 Å². The lowest BCUT2D eigenvalue weighted by Crippen LogP contribution is -2.25. The van der Waals surface area contributed by atoms with E-state index >= 15 is 0 Å². The number of rotatable bonds is 8. The molecule has 11 rings (SSSR count). The summed E-state index contributed by atoms with van der Waals surface area (Å²) in [5.41, 5.74) is 20.3. The zero-order valence-corrected chi connectivity index (χ0v) is 49.3. The summed E-state index contributed by atoms with van der Waals surface area (Å²) in [6.45, 7) is 35.2. The second kappa shape index (κ2) is 19.5. The van der Waals surface area contributed by atoms with Crippen LogP contribution < -0.4 is 14.5 Å². The van der Waals surface area contributed by atoms with Crippen LogP contribution in [-0.4, -0.2) is 16.2 Å². The van der Waals surface area contributed by atoms with Crippen LogP contribution in [0.2, 0.25) is 0 Å². The molecule has 0 atom stereocenters. The molecule has 1 aliphatic heterocycles. The fourth-order valence-electron chi connectivity index (χ4n) is 11.1. The Kier molecular flexibility index (Phi) is 13.1. The smallest absolute Gasteiger partial charge is 0.137 e. The van der Waals surface area contributed by atoms with Crippen molar-refractivity contribution in [3.8, 4) is 50.7 Å². The number of para-hydroxylation sites is 1. The Bertz CT molecular complexity index is 3870. The van der Waals surface area contributed by atoms with E-state index in [9.17, 15) is 0 Å². The summed E-state index contributed by atoms with van der Waals surface area (Å²) >= 11 is 0. The molecule has 5 nitrogen and oxygen atoms in total. The highest BCUT2D eigenvalue weighted by Crippen LogP contribution is 2.51. The van der Waals surface area contributed by atoms with Crippen molar-refractivity contribution in [1.82, 2.24) is 9.55 Å². The zero-order chi connectivity index (χ0) is 56.0. The maximum absolute atomic E-state index is 7.01. The number of ether oxygens (including phenoxy) is 1. The van der Waals surface area contributed by atoms with Crippen LogP contribution in [0.25, 0.3) is 61.0 Å². The number of pyridine rings is 1. The van der Waals surface area contributed by atoms with Crippen molar-refractivity contribution in [2.75, 3.05) is 16.5 Å². The van der Waals surface area contributed by atoms with Gasteiger partial charge in [0.05, 0.1) is 22.4 Å². The van der Waals surface area contributed by atoms with Crippen molar-refractivity contribution in [2.24, 2.45) is 0 Å². The predicted octanol–water partition coefficient (Wildman–Crippen LogP) is 20.7. The first-order valence-electron chi connectivity index (χ1n) is 28.3. The number of benzene rings is 8. The Morgan fingerprint density at radius 1 is 0.367 bits per heavy atom. The lowest BCUT2D eigenvalue weighted by Gasteiger charge is -2.30. The maximum Gasteiger partial charge on any atom is 0.137 e. The van der Waals surface area contributed by atoms with Crippen LogP contribution in [0.5, 0.6) is 11.5 Å². The highest BCUT2D eigenvalue weighted by molar-refractivity contribution is 6.11. The molecule has 400 valence electrons. The van der Waals surface area contributed by atoms with E-state index in [1.165, 1.54) is 78.0 Å². The molecule has 8 aromatic carbocycles. The minimum Gasteiger partial charge on any atom is -0.457 e. The molecule has 0 fully saturated rings. The number of fused-ring (bicyclic) bond motifs is 4. The van der Waals surface area contributed by atoms with Gasteiger partial charge in [0.15, 0.2) is 0 Å². The number of hydrogen-bond donors (Lipinski definition) is 0. The largest absolute Gasteiger partial charge is 0.457 e. The molecular weight excluding hydrogens is 961 g/mol. The fraction of sp³-hybridized carbons (Fsp3) is 0.284. The lowest BCUT2D eigenvalue weighted by atomic mass is 9.79. The molecule has 5 heteroatoms. The molecule has 79 heavy (non-hydrogen) atoms. The van der Waals surface area contributed by atoms with Crippen molar-refractivity contribution < 1.29 is 4.74 Å². The third kappa shape index (κ3) is 10.5. The zero-order valence-electron chi connectivity index (χ0n) is 49.3. The van der Waals surface area contributed by atoms with Gasteiger partial charge in [0, 0.05) is 46.0 Å². The summed E-state index contributed by atoms with van der Waals surface area (Å²) in [7, 11) is 0. The van der Waals surface area contributed by atoms with Crippen LogP contribution in [0.4, 0.5) is 22.7 Å². The van der Waals surface area contributed by atoms with Crippen molar-refractivity contribution >= 4 is 44.6 Å². The van der Waals surface area contributed by atoms with E-state index in [2.05, 4.69) is 300 Å². The average Bonchev–Trinajstić information content (AvgIpc) is 3.83. The number of anilines is 4. The summed E-state index contributed by atoms with van der Waals surface area (Å²) in [6, 6.07) is 67.4. The first-order valence-corrected chi connectivity index (χ1v) is 28.3. The molecule has 10 aromatic rings. The minimum absolute atomic E-state index is 0.00383. The minimum atomic E-state index is -0.0561. The van der Waals surface area contributed by atoms with Gasteiger partial charge in [-0.2, -0.15) is 0 Å². The molecule has 0 radical (unpaired) electrons. The molecule has 0 N–H and O–H groups in total. The molecule has 0 bridgehead atoms. The predicted molar refractivity (Wildman–Crippen MR) is 337 cm³/mol. The fourth-order valence-corrected chi connectivity index (χ4v) is 11.1. The molecule has 2 aromatic heterocycles. The molecule has 1 aliphatic rings. The Morgan fingerprint density at radius 3 is 1.61 bits per heavy atom. The van der Waals surface area contributed by atoms with Gasteiger partial charge in [-0.25, -0.2) is 4.98 Å². The van der Waals surface area contributed by atoms with E-state index in [-0.39, 0.29) is 27.1 Å². The maximum atomic E-state index is 7.01. The van der Waals surface area contributed by atoms with E-state index in [0.717, 1.165) is 45.1 Å². The van der Waals surface area contributed by atoms with Gasteiger partial charge in [0.2, 0.25) is 0 Å². The highest BCUT2D eigenvalue weighted by Gasteiger charge is 2.33. The molecule has 0 saturated carbocycles. The van der Waals surface area contributed by atoms with Crippen LogP contribution in [0.3, 0.4) is 0 Å². The number of aromatic nitrogens is 2. The van der Waals surface area contributed by atoms with Crippen molar-refractivity contribution in [1.29, 1.82) is 0 Å². The second-order valence-electron chi connectivity index (χ2n) is 27.2. The quantitative estimate of drug-likeness (QED) is 0.152. The number of nitrogens with zero attached hydrogens (tertiary/aromatic N) is 4. The normalized spacial score (nSPS) is 13.4. The van der Waals surface area contributed by atoms with Gasteiger partial charge < -0.3 is 14.5 Å². The van der Waals surface area contributed by atoms with E-state index in [0.29, 0.717) is 6.67 Å². The SMILES string of the molecule is CC(C)(C)c1cc(-c2ccc3c(c2)c2ccc(Oc4cccc(N5CN(c6cc(C(C)(C)C)cc(C(C)(C)C)c6)c6c(-c7cccc(-c8ccccc8)c7)cccc65)c4)cc2n3-c2cc(C(C)(C)C)ccn2)cc(C(C)(C)C)c1. The summed E-state index contributed by atoms with van der Waals surface area (Å²) in [5, 5.41) is 2.32. The van der Waals surface area contributed by atoms with Gasteiger partial charge >= 0.3 is 0 Å². The molecule has 0 amide bonds. The standard InChI is InChI=1S/C74H78N4O/c1-70(2,3)53-34-35-75-68(44-53)78-65-33-30-50(52-37-54(71(4,5)6)40-55(38-52)72(7,8)9)39-64(65)63-32-31-61(46-67(63)78)79-60-27-20-26-58(45-60)76-47-77(59-42-56(73(10,11)12)41-57(43-59)74(13,14)15)69-62(28-21-29-66(69)76)51-25-19-24-49(36-51)48-22-17-16-18-23-48/h16-46H,47H2,1-15H3. The molecule has 0 spiro atoms. The monoisotopic (exact) mass is 1040 g/mol. The Labute approximate surface area is 470 Å². The summed E-state index contributed by atoms with van der Waals surface area (Å²) < 4.78 is 9.34. The number of hydrogen-bond acceptors (Lipinski definition) is 4. The van der Waals surface area contributed by atoms with Crippen LogP contribution >= 0.6 is 0 Å². The van der Waals surface area contributed by atoms with E-state index in [4.69, 9.17) is 9.72 Å². The van der Waals surface area contributed by atoms with Crippen molar-refractivity contribution in [3.63, 3.8) is 0 Å². The van der Waals surface area contributed by atoms with Crippen LogP contribution in [0.15, 0.2) is 188 Å². The van der Waals surface area contributed by atoms with E-state index in [1.54, 1.807) is 0 Å². The van der Waals surface area contributed by atoms with Crippen molar-refractivity contribution in [2.45, 2.75) is 131 Å². The summed E-state index contributed by atoms with van der Waals surface area (Å²) in [4.78, 5) is 10.0. The van der Waals surface area contributed by atoms with Gasteiger partial charge in [-0.1, -0.05) is 201 Å². The highest BCUT2D eigenvalue weighted by atomic mass is 16.5. The molecule has 0 saturated heterocycles. The van der Waals surface area contributed by atoms with Crippen LogP contribution in [-0.2, 0) is 27.1 Å². The topological polar surface area (TPSA) is 33.5 Å². The Balaban J connectivity index is 1.02. The van der Waals surface area contributed by atoms with Gasteiger partial charge in [-0.15, -0.1) is 0 Å². The Morgan fingerprint density at radius 2 is 0.949 bits per heavy atom. The van der Waals surface area contributed by atoms with E-state index < -0.39 is 0 Å². The molecule has 0 unspecified atom stereocenters. The van der Waals surface area contributed by atoms with E-state index in [1.807, 2.05) is 6.20 Å². The van der Waals surface area contributed by atoms with Gasteiger partial charge in [0.25, 0.3) is 0 Å². The second-order valence-corrected chi connectivity index (χ2v) is 27.2.